The van der Waals surface area contributed by atoms with E-state index < -0.39 is 0 Å². The number of halogens is 1. The van der Waals surface area contributed by atoms with E-state index >= 15 is 0 Å². The van der Waals surface area contributed by atoms with Gasteiger partial charge in [-0.3, -0.25) is 4.79 Å². The number of benzene rings is 1. The molecule has 1 heterocycles. The molecule has 2 unspecified atom stereocenters. The molecule has 0 spiro atoms. The summed E-state index contributed by atoms with van der Waals surface area (Å²) in [6, 6.07) is 9.88. The number of amides is 1. The molecule has 4 nitrogen and oxygen atoms in total. The molecule has 0 saturated carbocycles. The lowest BCUT2D eigenvalue weighted by atomic mass is 9.95. The maximum absolute atomic E-state index is 11.8. The van der Waals surface area contributed by atoms with E-state index in [0.29, 0.717) is 25.0 Å². The van der Waals surface area contributed by atoms with Crippen LogP contribution in [0.4, 0.5) is 0 Å². The van der Waals surface area contributed by atoms with Crippen molar-refractivity contribution in [3.8, 4) is 5.75 Å². The molecule has 0 bridgehead atoms. The Hall–Kier alpha value is -1.26. The Bertz CT molecular complexity index is 400. The van der Waals surface area contributed by atoms with Gasteiger partial charge in [0.25, 0.3) is 0 Å². The first-order valence-electron chi connectivity index (χ1n) is 6.93. The molecular weight excluding hydrogens is 276 g/mol. The molecule has 1 aromatic carbocycles. The van der Waals surface area contributed by atoms with Gasteiger partial charge in [0.15, 0.2) is 0 Å². The number of rotatable bonds is 5. The van der Waals surface area contributed by atoms with Crippen molar-refractivity contribution in [2.45, 2.75) is 25.8 Å². The molecule has 2 rings (SSSR count). The normalized spacial score (nSPS) is 21.6. The summed E-state index contributed by atoms with van der Waals surface area (Å²) in [5.74, 6) is 1.38. The Labute approximate surface area is 126 Å². The van der Waals surface area contributed by atoms with E-state index in [1.54, 1.807) is 0 Å². The van der Waals surface area contributed by atoms with Crippen LogP contribution in [0.2, 0.25) is 0 Å². The third-order valence-corrected chi connectivity index (χ3v) is 3.47. The van der Waals surface area contributed by atoms with E-state index in [2.05, 4.69) is 17.6 Å². The lowest BCUT2D eigenvalue weighted by Gasteiger charge is -2.30. The molecule has 1 saturated heterocycles. The minimum absolute atomic E-state index is 0. The molecule has 112 valence electrons. The van der Waals surface area contributed by atoms with Gasteiger partial charge < -0.3 is 15.4 Å². The summed E-state index contributed by atoms with van der Waals surface area (Å²) in [4.78, 5) is 11.8. The molecule has 20 heavy (non-hydrogen) atoms. The van der Waals surface area contributed by atoms with E-state index in [9.17, 15) is 4.79 Å². The maximum atomic E-state index is 11.8. The zero-order valence-corrected chi connectivity index (χ0v) is 12.6. The summed E-state index contributed by atoms with van der Waals surface area (Å²) in [7, 11) is 0. The Morgan fingerprint density at radius 1 is 1.40 bits per heavy atom. The van der Waals surface area contributed by atoms with E-state index in [1.807, 2.05) is 30.3 Å². The largest absolute Gasteiger partial charge is 0.493 e. The van der Waals surface area contributed by atoms with E-state index in [-0.39, 0.29) is 18.3 Å². The summed E-state index contributed by atoms with van der Waals surface area (Å²) in [5.41, 5.74) is 0. The SMILES string of the molecule is CC1CNCCC1NC(=O)CCOc1ccccc1.Cl. The van der Waals surface area contributed by atoms with Gasteiger partial charge in [-0.25, -0.2) is 0 Å². The molecule has 1 aliphatic heterocycles. The molecular formula is C15H23ClN2O2. The second-order valence-electron chi connectivity index (χ2n) is 5.06. The Kier molecular flexibility index (Phi) is 7.41. The standard InChI is InChI=1S/C15H22N2O2.ClH/c1-12-11-16-9-7-14(12)17-15(18)8-10-19-13-5-3-2-4-6-13;/h2-6,12,14,16H,7-11H2,1H3,(H,17,18);1H. The zero-order valence-electron chi connectivity index (χ0n) is 11.8. The van der Waals surface area contributed by atoms with E-state index in [1.165, 1.54) is 0 Å². The van der Waals surface area contributed by atoms with Crippen molar-refractivity contribution >= 4 is 18.3 Å². The van der Waals surface area contributed by atoms with Crippen LogP contribution in [0.3, 0.4) is 0 Å². The Morgan fingerprint density at radius 3 is 2.85 bits per heavy atom. The molecule has 0 aromatic heterocycles. The van der Waals surface area contributed by atoms with Crippen LogP contribution in [0, 0.1) is 5.92 Å². The van der Waals surface area contributed by atoms with Crippen molar-refractivity contribution in [1.29, 1.82) is 0 Å². The van der Waals surface area contributed by atoms with Crippen LogP contribution in [-0.2, 0) is 4.79 Å². The highest BCUT2D eigenvalue weighted by Gasteiger charge is 2.22. The molecule has 1 aromatic rings. The van der Waals surface area contributed by atoms with Crippen molar-refractivity contribution in [2.24, 2.45) is 5.92 Å². The molecule has 5 heteroatoms. The number of para-hydroxylation sites is 1. The van der Waals surface area contributed by atoms with Gasteiger partial charge in [-0.05, 0) is 37.6 Å². The van der Waals surface area contributed by atoms with Crippen molar-refractivity contribution in [2.75, 3.05) is 19.7 Å². The summed E-state index contributed by atoms with van der Waals surface area (Å²) in [6.45, 7) is 4.55. The fourth-order valence-corrected chi connectivity index (χ4v) is 2.29. The van der Waals surface area contributed by atoms with Crippen LogP contribution in [0.25, 0.3) is 0 Å². The first kappa shape index (κ1) is 16.8. The number of ether oxygens (including phenoxy) is 1. The highest BCUT2D eigenvalue weighted by molar-refractivity contribution is 5.85. The Balaban J connectivity index is 0.00000200. The van der Waals surface area contributed by atoms with Gasteiger partial charge in [-0.1, -0.05) is 25.1 Å². The lowest BCUT2D eigenvalue weighted by Crippen LogP contribution is -2.48. The zero-order chi connectivity index (χ0) is 13.5. The molecule has 0 radical (unpaired) electrons. The van der Waals surface area contributed by atoms with Crippen LogP contribution in [0.5, 0.6) is 5.75 Å². The van der Waals surface area contributed by atoms with Crippen LogP contribution >= 0.6 is 12.4 Å². The van der Waals surface area contributed by atoms with Gasteiger partial charge >= 0.3 is 0 Å². The van der Waals surface area contributed by atoms with Gasteiger partial charge in [-0.2, -0.15) is 0 Å². The fraction of sp³-hybridized carbons (Fsp3) is 0.533. The van der Waals surface area contributed by atoms with Crippen molar-refractivity contribution in [3.63, 3.8) is 0 Å². The molecule has 0 aliphatic carbocycles. The molecule has 2 atom stereocenters. The van der Waals surface area contributed by atoms with Gasteiger partial charge in [0.2, 0.25) is 5.91 Å². The second-order valence-corrected chi connectivity index (χ2v) is 5.06. The van der Waals surface area contributed by atoms with Gasteiger partial charge in [-0.15, -0.1) is 12.4 Å². The predicted octanol–water partition coefficient (Wildman–Crippen LogP) is 1.99. The minimum atomic E-state index is 0. The number of hydrogen-bond donors (Lipinski definition) is 2. The monoisotopic (exact) mass is 298 g/mol. The number of carbonyl (C=O) groups excluding carboxylic acids is 1. The van der Waals surface area contributed by atoms with Crippen LogP contribution in [-0.4, -0.2) is 31.6 Å². The minimum Gasteiger partial charge on any atom is -0.493 e. The second kappa shape index (κ2) is 8.82. The first-order valence-corrected chi connectivity index (χ1v) is 6.93. The number of piperidine rings is 1. The molecule has 1 amide bonds. The number of hydrogen-bond acceptors (Lipinski definition) is 3. The van der Waals surface area contributed by atoms with Gasteiger partial charge in [0.1, 0.15) is 5.75 Å². The van der Waals surface area contributed by atoms with E-state index in [4.69, 9.17) is 4.74 Å². The third-order valence-electron chi connectivity index (χ3n) is 3.47. The molecule has 1 aliphatic rings. The number of nitrogens with one attached hydrogen (secondary N) is 2. The lowest BCUT2D eigenvalue weighted by molar-refractivity contribution is -0.122. The quantitative estimate of drug-likeness (QED) is 0.874. The van der Waals surface area contributed by atoms with Crippen molar-refractivity contribution in [3.05, 3.63) is 30.3 Å². The summed E-state index contributed by atoms with van der Waals surface area (Å²) in [6.07, 6.45) is 1.41. The average Bonchev–Trinajstić information content (AvgIpc) is 2.43. The average molecular weight is 299 g/mol. The summed E-state index contributed by atoms with van der Waals surface area (Å²) >= 11 is 0. The third kappa shape index (κ3) is 5.39. The van der Waals surface area contributed by atoms with E-state index in [0.717, 1.165) is 25.3 Å². The van der Waals surface area contributed by atoms with Crippen molar-refractivity contribution < 1.29 is 9.53 Å². The highest BCUT2D eigenvalue weighted by Crippen LogP contribution is 2.11. The topological polar surface area (TPSA) is 50.4 Å². The highest BCUT2D eigenvalue weighted by atomic mass is 35.5. The van der Waals surface area contributed by atoms with Crippen LogP contribution in [0.1, 0.15) is 19.8 Å². The summed E-state index contributed by atoms with van der Waals surface area (Å²) in [5, 5.41) is 6.42. The number of carbonyl (C=O) groups is 1. The Morgan fingerprint density at radius 2 is 2.15 bits per heavy atom. The fourth-order valence-electron chi connectivity index (χ4n) is 2.29. The maximum Gasteiger partial charge on any atom is 0.223 e. The predicted molar refractivity (Wildman–Crippen MR) is 82.4 cm³/mol. The van der Waals surface area contributed by atoms with Crippen LogP contribution < -0.4 is 15.4 Å². The smallest absolute Gasteiger partial charge is 0.223 e. The molecule has 2 N–H and O–H groups in total. The van der Waals surface area contributed by atoms with Gasteiger partial charge in [0, 0.05) is 6.04 Å². The molecule has 1 fully saturated rings. The van der Waals surface area contributed by atoms with Crippen molar-refractivity contribution in [1.82, 2.24) is 10.6 Å². The first-order chi connectivity index (χ1) is 9.25. The van der Waals surface area contributed by atoms with Crippen LogP contribution in [0.15, 0.2) is 30.3 Å². The van der Waals surface area contributed by atoms with Gasteiger partial charge in [0.05, 0.1) is 13.0 Å². The summed E-state index contributed by atoms with van der Waals surface area (Å²) < 4.78 is 5.52.